The van der Waals surface area contributed by atoms with Gasteiger partial charge in [0.25, 0.3) is 0 Å². The molecule has 1 rings (SSSR count). The lowest BCUT2D eigenvalue weighted by atomic mass is 10.1. The van der Waals surface area contributed by atoms with Gasteiger partial charge in [-0.2, -0.15) is 13.2 Å². The predicted octanol–water partition coefficient (Wildman–Crippen LogP) is 2.14. The van der Waals surface area contributed by atoms with Gasteiger partial charge in [-0.25, -0.2) is 0 Å². The van der Waals surface area contributed by atoms with E-state index in [9.17, 15) is 18.3 Å². The third-order valence-electron chi connectivity index (χ3n) is 1.78. The Kier molecular flexibility index (Phi) is 3.80. The first-order valence-corrected chi connectivity index (χ1v) is 4.45. The van der Waals surface area contributed by atoms with Gasteiger partial charge in [0.1, 0.15) is 5.75 Å². The molecule has 16 heavy (non-hydrogen) atoms. The molecule has 2 N–H and O–H groups in total. The molecule has 0 radical (unpaired) electrons. The maximum absolute atomic E-state index is 12.3. The monoisotopic (exact) mass is 230 g/mol. The van der Waals surface area contributed by atoms with Gasteiger partial charge in [-0.15, -0.1) is 0 Å². The summed E-state index contributed by atoms with van der Waals surface area (Å²) in [4.78, 5) is 0. The number of hydrogen-bond donors (Lipinski definition) is 2. The number of phenols is 1. The summed E-state index contributed by atoms with van der Waals surface area (Å²) in [5.74, 6) is 4.50. The topological polar surface area (TPSA) is 40.5 Å². The van der Waals surface area contributed by atoms with Crippen molar-refractivity contribution in [3.63, 3.8) is 0 Å². The van der Waals surface area contributed by atoms with Crippen molar-refractivity contribution in [2.24, 2.45) is 0 Å². The Morgan fingerprint density at radius 1 is 1.25 bits per heavy atom. The minimum Gasteiger partial charge on any atom is -0.507 e. The van der Waals surface area contributed by atoms with E-state index in [-0.39, 0.29) is 24.3 Å². The summed E-state index contributed by atoms with van der Waals surface area (Å²) in [6, 6.07) is 2.51. The summed E-state index contributed by atoms with van der Waals surface area (Å²) < 4.78 is 37.0. The standard InChI is InChI=1S/C11H9F3O2/c12-11(13,14)9-4-5-10(16)8(7-9)3-1-2-6-15/h4-5,7,15-16H,2,6H2. The van der Waals surface area contributed by atoms with E-state index in [0.29, 0.717) is 0 Å². The Labute approximate surface area is 90.3 Å². The van der Waals surface area contributed by atoms with Gasteiger partial charge in [0.15, 0.2) is 0 Å². The van der Waals surface area contributed by atoms with Crippen LogP contribution in [0.15, 0.2) is 18.2 Å². The van der Waals surface area contributed by atoms with Crippen molar-refractivity contribution in [3.05, 3.63) is 29.3 Å². The molecule has 1 aromatic rings. The van der Waals surface area contributed by atoms with Crippen molar-refractivity contribution in [2.45, 2.75) is 12.6 Å². The molecule has 0 amide bonds. The molecule has 2 nitrogen and oxygen atoms in total. The van der Waals surface area contributed by atoms with Crippen LogP contribution in [0.4, 0.5) is 13.2 Å². The van der Waals surface area contributed by atoms with Crippen molar-refractivity contribution >= 4 is 0 Å². The van der Waals surface area contributed by atoms with Crippen molar-refractivity contribution < 1.29 is 23.4 Å². The van der Waals surface area contributed by atoms with Crippen LogP contribution in [-0.4, -0.2) is 16.8 Å². The molecule has 0 spiro atoms. The fourth-order valence-electron chi connectivity index (χ4n) is 1.03. The molecule has 0 unspecified atom stereocenters. The molecule has 0 aliphatic rings. The van der Waals surface area contributed by atoms with Crippen LogP contribution in [0.2, 0.25) is 0 Å². The fraction of sp³-hybridized carbons (Fsp3) is 0.273. The van der Waals surface area contributed by atoms with Gasteiger partial charge < -0.3 is 10.2 Å². The van der Waals surface area contributed by atoms with Gasteiger partial charge in [0.2, 0.25) is 0 Å². The normalized spacial score (nSPS) is 10.8. The molecule has 86 valence electrons. The SMILES string of the molecule is OCCC#Cc1cc(C(F)(F)F)ccc1O. The summed E-state index contributed by atoms with van der Waals surface area (Å²) in [5.41, 5.74) is -0.957. The average Bonchev–Trinajstić information content (AvgIpc) is 2.19. The Bertz CT molecular complexity index is 427. The third kappa shape index (κ3) is 3.17. The first-order valence-electron chi connectivity index (χ1n) is 4.45. The first-order chi connectivity index (χ1) is 7.45. The van der Waals surface area contributed by atoms with E-state index in [0.717, 1.165) is 18.2 Å². The zero-order valence-electron chi connectivity index (χ0n) is 8.17. The van der Waals surface area contributed by atoms with Crippen LogP contribution in [-0.2, 0) is 6.18 Å². The molecule has 0 saturated carbocycles. The van der Waals surface area contributed by atoms with E-state index >= 15 is 0 Å². The van der Waals surface area contributed by atoms with E-state index in [1.165, 1.54) is 0 Å². The fourth-order valence-corrected chi connectivity index (χ4v) is 1.03. The average molecular weight is 230 g/mol. The van der Waals surface area contributed by atoms with Gasteiger partial charge in [-0.3, -0.25) is 0 Å². The quantitative estimate of drug-likeness (QED) is 0.725. The van der Waals surface area contributed by atoms with Gasteiger partial charge in [0.05, 0.1) is 17.7 Å². The third-order valence-corrected chi connectivity index (χ3v) is 1.78. The lowest BCUT2D eigenvalue weighted by molar-refractivity contribution is -0.137. The summed E-state index contributed by atoms with van der Waals surface area (Å²) in [6.45, 7) is -0.174. The number of benzene rings is 1. The molecular formula is C11H9F3O2. The van der Waals surface area contributed by atoms with Crippen LogP contribution >= 0.6 is 0 Å². The van der Waals surface area contributed by atoms with E-state index in [1.54, 1.807) is 0 Å². The van der Waals surface area contributed by atoms with Crippen molar-refractivity contribution in [2.75, 3.05) is 6.61 Å². The lowest BCUT2D eigenvalue weighted by Crippen LogP contribution is -2.04. The summed E-state index contributed by atoms with van der Waals surface area (Å²) in [7, 11) is 0. The van der Waals surface area contributed by atoms with Crippen molar-refractivity contribution in [1.82, 2.24) is 0 Å². The van der Waals surface area contributed by atoms with Crippen LogP contribution in [0.25, 0.3) is 0 Å². The summed E-state index contributed by atoms with van der Waals surface area (Å²) in [5, 5.41) is 17.7. The zero-order valence-corrected chi connectivity index (χ0v) is 8.17. The Morgan fingerprint density at radius 2 is 1.94 bits per heavy atom. The Morgan fingerprint density at radius 3 is 2.50 bits per heavy atom. The van der Waals surface area contributed by atoms with E-state index in [2.05, 4.69) is 11.8 Å². The molecule has 0 saturated heterocycles. The lowest BCUT2D eigenvalue weighted by Gasteiger charge is -2.07. The highest BCUT2D eigenvalue weighted by Crippen LogP contribution is 2.31. The number of halogens is 3. The highest BCUT2D eigenvalue weighted by Gasteiger charge is 2.30. The minimum atomic E-state index is -4.46. The van der Waals surface area contributed by atoms with Gasteiger partial charge in [0, 0.05) is 6.42 Å². The zero-order chi connectivity index (χ0) is 12.2. The maximum Gasteiger partial charge on any atom is 0.416 e. The van der Waals surface area contributed by atoms with Crippen LogP contribution < -0.4 is 0 Å². The van der Waals surface area contributed by atoms with Crippen LogP contribution in [0, 0.1) is 11.8 Å². The summed E-state index contributed by atoms with van der Waals surface area (Å²) in [6.07, 6.45) is -4.31. The molecule has 0 atom stereocenters. The van der Waals surface area contributed by atoms with E-state index in [1.807, 2.05) is 0 Å². The number of aliphatic hydroxyl groups is 1. The molecule has 0 aliphatic heterocycles. The maximum atomic E-state index is 12.3. The second-order valence-electron chi connectivity index (χ2n) is 3.01. The largest absolute Gasteiger partial charge is 0.507 e. The van der Waals surface area contributed by atoms with Gasteiger partial charge >= 0.3 is 6.18 Å². The number of aliphatic hydroxyl groups excluding tert-OH is 1. The number of hydrogen-bond acceptors (Lipinski definition) is 2. The van der Waals surface area contributed by atoms with Crippen LogP contribution in [0.3, 0.4) is 0 Å². The first kappa shape index (κ1) is 12.4. The van der Waals surface area contributed by atoms with E-state index in [4.69, 9.17) is 5.11 Å². The van der Waals surface area contributed by atoms with Crippen molar-refractivity contribution in [3.8, 4) is 17.6 Å². The number of aromatic hydroxyl groups is 1. The highest BCUT2D eigenvalue weighted by molar-refractivity contribution is 5.47. The molecule has 1 aromatic carbocycles. The molecule has 5 heteroatoms. The number of rotatable bonds is 1. The summed E-state index contributed by atoms with van der Waals surface area (Å²) >= 11 is 0. The molecule has 0 fully saturated rings. The Hall–Kier alpha value is -1.67. The molecule has 0 aliphatic carbocycles. The predicted molar refractivity (Wildman–Crippen MR) is 51.7 cm³/mol. The van der Waals surface area contributed by atoms with Gasteiger partial charge in [-0.05, 0) is 18.2 Å². The van der Waals surface area contributed by atoms with E-state index < -0.39 is 11.7 Å². The molecule has 0 aromatic heterocycles. The minimum absolute atomic E-state index is 0.0942. The number of phenolic OH excluding ortho intramolecular Hbond substituents is 1. The second-order valence-corrected chi connectivity index (χ2v) is 3.01. The van der Waals surface area contributed by atoms with Crippen LogP contribution in [0.1, 0.15) is 17.5 Å². The molecular weight excluding hydrogens is 221 g/mol. The smallest absolute Gasteiger partial charge is 0.416 e. The number of alkyl halides is 3. The highest BCUT2D eigenvalue weighted by atomic mass is 19.4. The van der Waals surface area contributed by atoms with Gasteiger partial charge in [-0.1, -0.05) is 11.8 Å². The molecule has 0 heterocycles. The second kappa shape index (κ2) is 4.90. The Balaban J connectivity index is 3.06. The van der Waals surface area contributed by atoms with Crippen LogP contribution in [0.5, 0.6) is 5.75 Å². The molecule has 0 bridgehead atoms. The van der Waals surface area contributed by atoms with Crippen molar-refractivity contribution in [1.29, 1.82) is 0 Å².